The predicted molar refractivity (Wildman–Crippen MR) is 100 cm³/mol. The number of rotatable bonds is 0. The molecule has 2 aromatic rings. The summed E-state index contributed by atoms with van der Waals surface area (Å²) < 4.78 is 26.0. The zero-order valence-corrected chi connectivity index (χ0v) is 15.7. The van der Waals surface area contributed by atoms with Crippen molar-refractivity contribution < 1.29 is 18.7 Å². The van der Waals surface area contributed by atoms with Crippen molar-refractivity contribution in [3.8, 4) is 5.88 Å². The average Bonchev–Trinajstić information content (AvgIpc) is 3.25. The molecule has 2 aromatic heterocycles. The lowest BCUT2D eigenvalue weighted by molar-refractivity contribution is 0.0969. The number of hydrogen-bond donors (Lipinski definition) is 3. The maximum atomic E-state index is 14.9. The van der Waals surface area contributed by atoms with Gasteiger partial charge in [0, 0.05) is 29.9 Å². The van der Waals surface area contributed by atoms with Gasteiger partial charge in [0.1, 0.15) is 6.10 Å². The number of aromatic nitrogens is 3. The molecule has 1 saturated carbocycles. The maximum Gasteiger partial charge on any atom is 0.407 e. The SMILES string of the molecule is C[C@H]1CCCOc2cc(ccn2)Nc2n[nH]c(c2F)[C@H]2CC[C@H](C2)OC(=O)N1. The molecule has 0 radical (unpaired) electrons. The largest absolute Gasteiger partial charge is 0.478 e. The first-order chi connectivity index (χ1) is 13.6. The smallest absolute Gasteiger partial charge is 0.407 e. The minimum absolute atomic E-state index is 0.0271. The van der Waals surface area contributed by atoms with Crippen molar-refractivity contribution in [1.82, 2.24) is 20.5 Å². The van der Waals surface area contributed by atoms with Gasteiger partial charge >= 0.3 is 6.09 Å². The molecule has 1 amide bonds. The highest BCUT2D eigenvalue weighted by atomic mass is 19.1. The van der Waals surface area contributed by atoms with Crippen LogP contribution in [0.5, 0.6) is 5.88 Å². The molecule has 8 nitrogen and oxygen atoms in total. The lowest BCUT2D eigenvalue weighted by Gasteiger charge is -2.17. The summed E-state index contributed by atoms with van der Waals surface area (Å²) in [4.78, 5) is 16.3. The molecule has 9 heteroatoms. The van der Waals surface area contributed by atoms with Crippen molar-refractivity contribution in [3.05, 3.63) is 29.8 Å². The number of fused-ring (bicyclic) bond motifs is 7. The Morgan fingerprint density at radius 1 is 1.29 bits per heavy atom. The second-order valence-electron chi connectivity index (χ2n) is 7.38. The van der Waals surface area contributed by atoms with Crippen LogP contribution in [0.2, 0.25) is 0 Å². The number of anilines is 2. The van der Waals surface area contributed by atoms with Gasteiger partial charge in [0.15, 0.2) is 11.6 Å². The van der Waals surface area contributed by atoms with Crippen LogP contribution in [0.1, 0.15) is 50.6 Å². The number of alkyl carbamates (subject to hydrolysis) is 1. The maximum absolute atomic E-state index is 14.9. The van der Waals surface area contributed by atoms with Gasteiger partial charge in [-0.15, -0.1) is 0 Å². The summed E-state index contributed by atoms with van der Waals surface area (Å²) in [6.45, 7) is 2.39. The zero-order chi connectivity index (χ0) is 19.5. The molecule has 0 aromatic carbocycles. The summed E-state index contributed by atoms with van der Waals surface area (Å²) in [5.41, 5.74) is 1.09. The Balaban J connectivity index is 1.57. The second kappa shape index (κ2) is 8.04. The van der Waals surface area contributed by atoms with Gasteiger partial charge in [-0.25, -0.2) is 14.2 Å². The monoisotopic (exact) mass is 389 g/mol. The molecule has 3 N–H and O–H groups in total. The highest BCUT2D eigenvalue weighted by molar-refractivity contribution is 5.67. The quantitative estimate of drug-likeness (QED) is 0.636. The number of nitrogens with one attached hydrogen (secondary N) is 3. The summed E-state index contributed by atoms with van der Waals surface area (Å²) in [6, 6.07) is 3.41. The van der Waals surface area contributed by atoms with E-state index >= 15 is 0 Å². The first-order valence-electron chi connectivity index (χ1n) is 9.65. The molecule has 6 bridgehead atoms. The molecule has 1 fully saturated rings. The second-order valence-corrected chi connectivity index (χ2v) is 7.38. The third-order valence-electron chi connectivity index (χ3n) is 5.19. The average molecular weight is 389 g/mol. The van der Waals surface area contributed by atoms with Crippen LogP contribution in [-0.4, -0.2) is 40.0 Å². The fraction of sp³-hybridized carbons (Fsp3) is 0.526. The van der Waals surface area contributed by atoms with E-state index in [1.165, 1.54) is 0 Å². The van der Waals surface area contributed by atoms with Gasteiger partial charge in [0.2, 0.25) is 5.88 Å². The molecule has 1 aliphatic heterocycles. The van der Waals surface area contributed by atoms with Crippen molar-refractivity contribution in [2.45, 2.75) is 57.1 Å². The molecule has 2 aliphatic rings. The summed E-state index contributed by atoms with van der Waals surface area (Å²) in [7, 11) is 0. The number of carbonyl (C=O) groups is 1. The zero-order valence-electron chi connectivity index (χ0n) is 15.7. The van der Waals surface area contributed by atoms with Gasteiger partial charge in [-0.2, -0.15) is 5.10 Å². The Kier molecular flexibility index (Phi) is 5.31. The van der Waals surface area contributed by atoms with Crippen molar-refractivity contribution in [1.29, 1.82) is 0 Å². The molecule has 0 spiro atoms. The first kappa shape index (κ1) is 18.5. The molecule has 0 saturated heterocycles. The van der Waals surface area contributed by atoms with Gasteiger partial charge in [-0.05, 0) is 45.1 Å². The highest BCUT2D eigenvalue weighted by Crippen LogP contribution is 2.38. The van der Waals surface area contributed by atoms with Crippen molar-refractivity contribution in [3.63, 3.8) is 0 Å². The molecule has 1 aliphatic carbocycles. The molecular formula is C19H24FN5O3. The molecular weight excluding hydrogens is 365 g/mol. The molecule has 0 unspecified atom stereocenters. The number of hydrogen-bond acceptors (Lipinski definition) is 6. The van der Waals surface area contributed by atoms with Crippen LogP contribution in [0.25, 0.3) is 0 Å². The minimum Gasteiger partial charge on any atom is -0.478 e. The molecule has 4 rings (SSSR count). The molecule has 3 atom stereocenters. The van der Waals surface area contributed by atoms with Crippen molar-refractivity contribution >= 4 is 17.6 Å². The number of halogens is 1. The number of aromatic amines is 1. The van der Waals surface area contributed by atoms with E-state index < -0.39 is 11.9 Å². The van der Waals surface area contributed by atoms with Gasteiger partial charge in [-0.3, -0.25) is 5.10 Å². The molecule has 28 heavy (non-hydrogen) atoms. The summed E-state index contributed by atoms with van der Waals surface area (Å²) in [6.07, 6.45) is 4.48. The van der Waals surface area contributed by atoms with E-state index in [2.05, 4.69) is 25.8 Å². The predicted octanol–water partition coefficient (Wildman–Crippen LogP) is 3.61. The van der Waals surface area contributed by atoms with Crippen LogP contribution in [-0.2, 0) is 4.74 Å². The lowest BCUT2D eigenvalue weighted by atomic mass is 10.0. The van der Waals surface area contributed by atoms with Crippen LogP contribution in [0, 0.1) is 5.82 Å². The number of carbonyl (C=O) groups excluding carboxylic acids is 1. The Morgan fingerprint density at radius 2 is 2.18 bits per heavy atom. The van der Waals surface area contributed by atoms with Gasteiger partial charge in [-0.1, -0.05) is 0 Å². The minimum atomic E-state index is -0.429. The van der Waals surface area contributed by atoms with Crippen LogP contribution < -0.4 is 15.4 Å². The third-order valence-corrected chi connectivity index (χ3v) is 5.19. The first-order valence-corrected chi connectivity index (χ1v) is 9.65. The van der Waals surface area contributed by atoms with Crippen molar-refractivity contribution in [2.24, 2.45) is 0 Å². The fourth-order valence-electron chi connectivity index (χ4n) is 3.73. The van der Waals surface area contributed by atoms with E-state index in [1.54, 1.807) is 18.3 Å². The van der Waals surface area contributed by atoms with E-state index in [0.717, 1.165) is 19.3 Å². The molecule has 150 valence electrons. The Hall–Kier alpha value is -2.84. The van der Waals surface area contributed by atoms with E-state index in [9.17, 15) is 9.18 Å². The van der Waals surface area contributed by atoms with Crippen LogP contribution >= 0.6 is 0 Å². The van der Waals surface area contributed by atoms with E-state index in [1.807, 2.05) is 6.92 Å². The summed E-state index contributed by atoms with van der Waals surface area (Å²) in [5.74, 6) is 0.0998. The number of ether oxygens (including phenoxy) is 2. The number of nitrogens with zero attached hydrogens (tertiary/aromatic N) is 2. The number of amides is 1. The fourth-order valence-corrected chi connectivity index (χ4v) is 3.73. The molecule has 3 heterocycles. The standard InChI is InChI=1S/C19H24FN5O3/c1-11-3-2-8-27-15-10-13(6-7-21-15)23-18-16(20)17(24-25-18)12-4-5-14(9-12)28-19(26)22-11/h6-7,10-12,14H,2-5,8-9H2,1H3,(H,22,26)(H2,23,24,25)/t11-,12-,14+/m0/s1. The van der Waals surface area contributed by atoms with E-state index in [4.69, 9.17) is 9.47 Å². The van der Waals surface area contributed by atoms with E-state index in [0.29, 0.717) is 36.7 Å². The van der Waals surface area contributed by atoms with Crippen molar-refractivity contribution in [2.75, 3.05) is 11.9 Å². The van der Waals surface area contributed by atoms with Gasteiger partial charge in [0.05, 0.1) is 12.3 Å². The number of H-pyrrole nitrogens is 1. The van der Waals surface area contributed by atoms with Crippen LogP contribution in [0.4, 0.5) is 20.7 Å². The highest BCUT2D eigenvalue weighted by Gasteiger charge is 2.32. The number of pyridine rings is 1. The summed E-state index contributed by atoms with van der Waals surface area (Å²) >= 11 is 0. The normalized spacial score (nSPS) is 25.5. The Bertz CT molecular complexity index is 843. The van der Waals surface area contributed by atoms with Gasteiger partial charge in [0.25, 0.3) is 0 Å². The van der Waals surface area contributed by atoms with Crippen LogP contribution in [0.15, 0.2) is 18.3 Å². The van der Waals surface area contributed by atoms with Gasteiger partial charge < -0.3 is 20.1 Å². The van der Waals surface area contributed by atoms with Crippen LogP contribution in [0.3, 0.4) is 0 Å². The summed E-state index contributed by atoms with van der Waals surface area (Å²) in [5, 5.41) is 12.7. The topological polar surface area (TPSA) is 101 Å². The Labute approximate surface area is 162 Å². The third kappa shape index (κ3) is 4.18. The Morgan fingerprint density at radius 3 is 3.07 bits per heavy atom. The van der Waals surface area contributed by atoms with E-state index in [-0.39, 0.29) is 23.9 Å². The lowest BCUT2D eigenvalue weighted by Crippen LogP contribution is -2.35.